The predicted octanol–water partition coefficient (Wildman–Crippen LogP) is 3.70. The van der Waals surface area contributed by atoms with Crippen molar-refractivity contribution in [3.05, 3.63) is 0 Å². The fourth-order valence-electron chi connectivity index (χ4n) is 7.49. The third kappa shape index (κ3) is 2.88. The van der Waals surface area contributed by atoms with E-state index in [1.807, 2.05) is 6.92 Å². The van der Waals surface area contributed by atoms with Crippen LogP contribution in [0.15, 0.2) is 0 Å². The number of aliphatic hydroxyl groups is 2. The number of hydrogen-bond acceptors (Lipinski definition) is 4. The van der Waals surface area contributed by atoms with Crippen LogP contribution in [-0.4, -0.2) is 35.6 Å². The SMILES string of the molecule is CCOOC[C@@]12CCC[C@H]1[C@@H]1[C@H](O)C[C@H]3C[C@H](O)CC[C@]3(C)[C@H]1CC2. The summed E-state index contributed by atoms with van der Waals surface area (Å²) in [6, 6.07) is 0. The number of aliphatic hydroxyl groups excluding tert-OH is 2. The quantitative estimate of drug-likeness (QED) is 0.460. The van der Waals surface area contributed by atoms with Crippen LogP contribution >= 0.6 is 0 Å². The van der Waals surface area contributed by atoms with E-state index in [1.54, 1.807) is 0 Å². The predicted molar refractivity (Wildman–Crippen MR) is 95.6 cm³/mol. The van der Waals surface area contributed by atoms with Crippen molar-refractivity contribution < 1.29 is 20.0 Å². The van der Waals surface area contributed by atoms with Gasteiger partial charge in [0.1, 0.15) is 0 Å². The van der Waals surface area contributed by atoms with Gasteiger partial charge in [0, 0.05) is 5.41 Å². The number of fused-ring (bicyclic) bond motifs is 5. The van der Waals surface area contributed by atoms with E-state index in [9.17, 15) is 10.2 Å². The first-order valence-corrected chi connectivity index (χ1v) is 10.6. The maximum Gasteiger partial charge on any atom is 0.0881 e. The van der Waals surface area contributed by atoms with Gasteiger partial charge < -0.3 is 10.2 Å². The third-order valence-electron chi connectivity index (χ3n) is 8.73. The lowest BCUT2D eigenvalue weighted by Gasteiger charge is -2.62. The Kier molecular flexibility index (Phi) is 4.94. The maximum absolute atomic E-state index is 11.1. The molecule has 8 atom stereocenters. The average molecular weight is 353 g/mol. The summed E-state index contributed by atoms with van der Waals surface area (Å²) in [7, 11) is 0. The maximum atomic E-state index is 11.1. The van der Waals surface area contributed by atoms with Gasteiger partial charge in [0.15, 0.2) is 0 Å². The zero-order valence-corrected chi connectivity index (χ0v) is 16.0. The first-order valence-electron chi connectivity index (χ1n) is 10.6. The molecule has 0 saturated heterocycles. The van der Waals surface area contributed by atoms with E-state index in [-0.39, 0.29) is 17.6 Å². The lowest BCUT2D eigenvalue weighted by atomic mass is 9.44. The minimum absolute atomic E-state index is 0.157. The van der Waals surface area contributed by atoms with Gasteiger partial charge in [-0.3, -0.25) is 0 Å². The molecule has 4 rings (SSSR count). The van der Waals surface area contributed by atoms with Crippen LogP contribution in [-0.2, 0) is 9.78 Å². The molecule has 4 aliphatic carbocycles. The standard InChI is InChI=1S/C21H36O4/c1-3-24-25-13-21-8-4-5-17(21)19-16(7-10-21)20(2)9-6-15(22)11-14(20)12-18(19)23/h14-19,22-23H,3-13H2,1-2H3/t14-,15-,16+,17+,18-,19-,20+,21+/m1/s1. The van der Waals surface area contributed by atoms with Crippen LogP contribution in [0.3, 0.4) is 0 Å². The van der Waals surface area contributed by atoms with Gasteiger partial charge in [0.05, 0.1) is 25.4 Å². The summed E-state index contributed by atoms with van der Waals surface area (Å²) < 4.78 is 0. The Morgan fingerprint density at radius 2 is 1.80 bits per heavy atom. The molecule has 0 aromatic heterocycles. The Balaban J connectivity index is 1.58. The van der Waals surface area contributed by atoms with Gasteiger partial charge in [-0.05, 0) is 87.4 Å². The van der Waals surface area contributed by atoms with Crippen molar-refractivity contribution >= 4 is 0 Å². The molecule has 4 aliphatic rings. The molecule has 4 saturated carbocycles. The van der Waals surface area contributed by atoms with E-state index < -0.39 is 0 Å². The Hall–Kier alpha value is -0.160. The highest BCUT2D eigenvalue weighted by Gasteiger charge is 2.61. The summed E-state index contributed by atoms with van der Waals surface area (Å²) in [4.78, 5) is 10.8. The van der Waals surface area contributed by atoms with Gasteiger partial charge in [0.2, 0.25) is 0 Å². The van der Waals surface area contributed by atoms with Crippen molar-refractivity contribution in [2.24, 2.45) is 34.5 Å². The van der Waals surface area contributed by atoms with Crippen LogP contribution in [0.4, 0.5) is 0 Å². The molecule has 0 spiro atoms. The molecule has 0 aliphatic heterocycles. The second-order valence-electron chi connectivity index (χ2n) is 9.69. The van der Waals surface area contributed by atoms with Crippen molar-refractivity contribution in [2.75, 3.05) is 13.2 Å². The molecule has 4 nitrogen and oxygen atoms in total. The lowest BCUT2D eigenvalue weighted by Crippen LogP contribution is -2.58. The molecular weight excluding hydrogens is 316 g/mol. The summed E-state index contributed by atoms with van der Waals surface area (Å²) in [5.74, 6) is 2.09. The summed E-state index contributed by atoms with van der Waals surface area (Å²) in [6.07, 6.45) is 9.61. The number of hydrogen-bond donors (Lipinski definition) is 2. The summed E-state index contributed by atoms with van der Waals surface area (Å²) in [6.45, 7) is 5.72. The van der Waals surface area contributed by atoms with Gasteiger partial charge in [0.25, 0.3) is 0 Å². The molecule has 0 radical (unpaired) electrons. The minimum Gasteiger partial charge on any atom is -0.393 e. The molecule has 0 aromatic carbocycles. The van der Waals surface area contributed by atoms with Crippen LogP contribution in [0.1, 0.15) is 71.6 Å². The largest absolute Gasteiger partial charge is 0.393 e. The smallest absolute Gasteiger partial charge is 0.0881 e. The van der Waals surface area contributed by atoms with Crippen LogP contribution < -0.4 is 0 Å². The highest BCUT2D eigenvalue weighted by atomic mass is 17.2. The lowest BCUT2D eigenvalue weighted by molar-refractivity contribution is -0.316. The molecule has 2 N–H and O–H groups in total. The Bertz CT molecular complexity index is 483. The van der Waals surface area contributed by atoms with Gasteiger partial charge in [-0.25, -0.2) is 9.78 Å². The van der Waals surface area contributed by atoms with Crippen molar-refractivity contribution in [2.45, 2.75) is 83.8 Å². The van der Waals surface area contributed by atoms with Gasteiger partial charge in [-0.2, -0.15) is 0 Å². The molecule has 144 valence electrons. The minimum atomic E-state index is -0.205. The molecule has 0 aromatic rings. The van der Waals surface area contributed by atoms with Crippen molar-refractivity contribution in [3.63, 3.8) is 0 Å². The molecule has 0 bridgehead atoms. The monoisotopic (exact) mass is 352 g/mol. The Morgan fingerprint density at radius 1 is 0.960 bits per heavy atom. The van der Waals surface area contributed by atoms with Crippen LogP contribution in [0.5, 0.6) is 0 Å². The number of rotatable bonds is 4. The first-order chi connectivity index (χ1) is 12.0. The van der Waals surface area contributed by atoms with Gasteiger partial charge >= 0.3 is 0 Å². The second kappa shape index (κ2) is 6.78. The van der Waals surface area contributed by atoms with E-state index >= 15 is 0 Å². The topological polar surface area (TPSA) is 58.9 Å². The highest BCUT2D eigenvalue weighted by molar-refractivity contribution is 5.10. The van der Waals surface area contributed by atoms with E-state index in [0.717, 1.165) is 25.7 Å². The van der Waals surface area contributed by atoms with Crippen molar-refractivity contribution in [1.82, 2.24) is 0 Å². The van der Waals surface area contributed by atoms with Crippen LogP contribution in [0, 0.1) is 34.5 Å². The van der Waals surface area contributed by atoms with Crippen molar-refractivity contribution in [1.29, 1.82) is 0 Å². The van der Waals surface area contributed by atoms with Gasteiger partial charge in [-0.15, -0.1) is 0 Å². The molecule has 4 fully saturated rings. The fraction of sp³-hybridized carbons (Fsp3) is 1.00. The first kappa shape index (κ1) is 18.2. The van der Waals surface area contributed by atoms with E-state index in [0.29, 0.717) is 42.3 Å². The summed E-state index contributed by atoms with van der Waals surface area (Å²) >= 11 is 0. The average Bonchev–Trinajstić information content (AvgIpc) is 3.01. The van der Waals surface area contributed by atoms with Crippen molar-refractivity contribution in [3.8, 4) is 0 Å². The van der Waals surface area contributed by atoms with Crippen LogP contribution in [0.2, 0.25) is 0 Å². The summed E-state index contributed by atoms with van der Waals surface area (Å²) in [5.41, 5.74) is 0.521. The van der Waals surface area contributed by atoms with E-state index in [1.165, 1.54) is 32.1 Å². The summed E-state index contributed by atoms with van der Waals surface area (Å²) in [5, 5.41) is 21.3. The van der Waals surface area contributed by atoms with Crippen LogP contribution in [0.25, 0.3) is 0 Å². The normalized spacial score (nSPS) is 52.3. The van der Waals surface area contributed by atoms with Gasteiger partial charge in [-0.1, -0.05) is 13.3 Å². The molecular formula is C21H36O4. The Labute approximate surface area is 152 Å². The zero-order chi connectivity index (χ0) is 17.7. The molecule has 4 heteroatoms. The van der Waals surface area contributed by atoms with E-state index in [2.05, 4.69) is 6.92 Å². The molecule has 0 unspecified atom stereocenters. The highest BCUT2D eigenvalue weighted by Crippen LogP contribution is 2.66. The second-order valence-corrected chi connectivity index (χ2v) is 9.69. The third-order valence-corrected chi connectivity index (χ3v) is 8.73. The zero-order valence-electron chi connectivity index (χ0n) is 16.0. The fourth-order valence-corrected chi connectivity index (χ4v) is 7.49. The molecule has 0 amide bonds. The molecule has 25 heavy (non-hydrogen) atoms. The Morgan fingerprint density at radius 3 is 2.60 bits per heavy atom. The van der Waals surface area contributed by atoms with E-state index in [4.69, 9.17) is 9.78 Å². The molecule has 0 heterocycles.